The van der Waals surface area contributed by atoms with Crippen molar-refractivity contribution in [1.82, 2.24) is 4.57 Å². The van der Waals surface area contributed by atoms with Gasteiger partial charge in [-0.25, -0.2) is 4.57 Å². The van der Waals surface area contributed by atoms with Crippen LogP contribution in [0.1, 0.15) is 40.8 Å². The number of halogens is 1. The van der Waals surface area contributed by atoms with Gasteiger partial charge in [0, 0.05) is 33.8 Å². The van der Waals surface area contributed by atoms with Gasteiger partial charge < -0.3 is 17.0 Å². The minimum atomic E-state index is 0. The molecular weight excluding hydrogens is 376 g/mol. The molecule has 0 unspecified atom stereocenters. The fourth-order valence-corrected chi connectivity index (χ4v) is 4.62. The fraction of sp³-hybridized carbons (Fsp3) is 0.269. The molecule has 0 bridgehead atoms. The maximum Gasteiger partial charge on any atom is 0.174 e. The van der Waals surface area contributed by atoms with Crippen molar-refractivity contribution in [2.75, 3.05) is 0 Å². The number of hydrogen-bond acceptors (Lipinski definition) is 0. The number of nitrogens with zero attached hydrogens (tertiary/aromatic N) is 2. The van der Waals surface area contributed by atoms with Crippen LogP contribution in [0.25, 0.3) is 10.9 Å². The van der Waals surface area contributed by atoms with Crippen LogP contribution >= 0.6 is 0 Å². The zero-order chi connectivity index (χ0) is 18.9. The first kappa shape index (κ1) is 19.7. The smallest absolute Gasteiger partial charge is 0.174 e. The topological polar surface area (TPSA) is 8.81 Å². The van der Waals surface area contributed by atoms with Crippen LogP contribution in [-0.4, -0.2) is 4.57 Å². The second-order valence-electron chi connectivity index (χ2n) is 8.11. The number of fused-ring (bicyclic) bond motifs is 3. The molecule has 2 nitrogen and oxygen atoms in total. The zero-order valence-electron chi connectivity index (χ0n) is 16.9. The van der Waals surface area contributed by atoms with Gasteiger partial charge in [-0.05, 0) is 50.3 Å². The van der Waals surface area contributed by atoms with Crippen LogP contribution < -0.4 is 17.0 Å². The number of para-hydroxylation sites is 1. The second kappa shape index (κ2) is 8.42. The largest absolute Gasteiger partial charge is 1.00 e. The number of hydrogen-bond donors (Lipinski definition) is 0. The summed E-state index contributed by atoms with van der Waals surface area (Å²) in [6, 6.07) is 22.2. The van der Waals surface area contributed by atoms with Crippen molar-refractivity contribution >= 4 is 10.9 Å². The van der Waals surface area contributed by atoms with Gasteiger partial charge in [-0.1, -0.05) is 48.0 Å². The van der Waals surface area contributed by atoms with Gasteiger partial charge in [0.2, 0.25) is 0 Å². The monoisotopic (exact) mass is 402 g/mol. The van der Waals surface area contributed by atoms with Crippen LogP contribution in [0.4, 0.5) is 0 Å². The number of pyridine rings is 1. The van der Waals surface area contributed by atoms with E-state index in [1.165, 1.54) is 53.3 Å². The van der Waals surface area contributed by atoms with E-state index in [1.807, 2.05) is 0 Å². The summed E-state index contributed by atoms with van der Waals surface area (Å²) in [7, 11) is 0. The summed E-state index contributed by atoms with van der Waals surface area (Å²) in [5.74, 6) is 0. The Morgan fingerprint density at radius 3 is 2.52 bits per heavy atom. The van der Waals surface area contributed by atoms with Gasteiger partial charge in [-0.15, -0.1) is 0 Å². The third-order valence-corrected chi connectivity index (χ3v) is 6.03. The van der Waals surface area contributed by atoms with Gasteiger partial charge in [0.05, 0.1) is 6.54 Å². The van der Waals surface area contributed by atoms with E-state index < -0.39 is 0 Å². The van der Waals surface area contributed by atoms with E-state index in [-0.39, 0.29) is 12.4 Å². The number of aryl methyl sites for hydroxylation is 2. The molecule has 0 radical (unpaired) electrons. The molecule has 148 valence electrons. The van der Waals surface area contributed by atoms with Crippen molar-refractivity contribution in [2.24, 2.45) is 0 Å². The van der Waals surface area contributed by atoms with Crippen LogP contribution in [0.15, 0.2) is 73.1 Å². The van der Waals surface area contributed by atoms with E-state index in [4.69, 9.17) is 0 Å². The molecule has 0 aliphatic heterocycles. The summed E-state index contributed by atoms with van der Waals surface area (Å²) in [5, 5.41) is 1.46. The Kier molecular flexibility index (Phi) is 5.73. The van der Waals surface area contributed by atoms with Crippen LogP contribution in [0.2, 0.25) is 0 Å². The summed E-state index contributed by atoms with van der Waals surface area (Å²) in [4.78, 5) is 0. The van der Waals surface area contributed by atoms with Gasteiger partial charge in [0.25, 0.3) is 0 Å². The lowest BCUT2D eigenvalue weighted by atomic mass is 9.95. The standard InChI is InChI=1S/C26H27N2.ClH/c1-20-12-14-21(15-13-20)17-27-16-6-7-22(18-27)19-28-25-10-4-2-8-23(25)24-9-3-5-11-26(24)28;/h2,4,6-8,10,12-16,18H,3,5,9,11,17,19H2,1H3;1H/q+1;/p-1. The van der Waals surface area contributed by atoms with Crippen molar-refractivity contribution in [3.8, 4) is 0 Å². The first-order chi connectivity index (χ1) is 13.8. The van der Waals surface area contributed by atoms with Gasteiger partial charge in [-0.3, -0.25) is 0 Å². The van der Waals surface area contributed by atoms with Crippen LogP contribution in [0.3, 0.4) is 0 Å². The van der Waals surface area contributed by atoms with E-state index in [1.54, 1.807) is 11.3 Å². The molecule has 0 spiro atoms. The molecule has 5 rings (SSSR count). The predicted octanol–water partition coefficient (Wildman–Crippen LogP) is 2.22. The first-order valence-electron chi connectivity index (χ1n) is 10.4. The third kappa shape index (κ3) is 3.95. The van der Waals surface area contributed by atoms with E-state index >= 15 is 0 Å². The van der Waals surface area contributed by atoms with E-state index in [9.17, 15) is 0 Å². The molecular formula is C26H27ClN2. The quantitative estimate of drug-likeness (QED) is 0.463. The molecule has 3 heteroatoms. The highest BCUT2D eigenvalue weighted by atomic mass is 35.5. The number of benzene rings is 2. The van der Waals surface area contributed by atoms with Gasteiger partial charge in [0.15, 0.2) is 18.9 Å². The first-order valence-corrected chi connectivity index (χ1v) is 10.4. The molecule has 1 aliphatic rings. The van der Waals surface area contributed by atoms with E-state index in [0.29, 0.717) is 0 Å². The Labute approximate surface area is 179 Å². The van der Waals surface area contributed by atoms with Crippen LogP contribution in [0, 0.1) is 6.92 Å². The van der Waals surface area contributed by atoms with Crippen LogP contribution in [0.5, 0.6) is 0 Å². The third-order valence-electron chi connectivity index (χ3n) is 6.03. The predicted molar refractivity (Wildman–Crippen MR) is 115 cm³/mol. The van der Waals surface area contributed by atoms with Crippen molar-refractivity contribution in [1.29, 1.82) is 0 Å². The minimum absolute atomic E-state index is 0. The summed E-state index contributed by atoms with van der Waals surface area (Å²) in [6.45, 7) is 4.00. The number of aromatic nitrogens is 2. The minimum Gasteiger partial charge on any atom is -1.00 e. The average Bonchev–Trinajstić information content (AvgIpc) is 3.04. The SMILES string of the molecule is Cc1ccc(C[n+]2cccc(Cn3c4c(c5ccccc53)CCCC4)c2)cc1.[Cl-]. The normalized spacial score (nSPS) is 13.1. The molecule has 0 fully saturated rings. The average molecular weight is 403 g/mol. The second-order valence-corrected chi connectivity index (χ2v) is 8.11. The zero-order valence-corrected chi connectivity index (χ0v) is 17.7. The molecule has 29 heavy (non-hydrogen) atoms. The molecule has 2 heterocycles. The Balaban J connectivity index is 0.00000205. The van der Waals surface area contributed by atoms with Crippen molar-refractivity contribution in [3.05, 3.63) is 101 Å². The maximum atomic E-state index is 2.56. The van der Waals surface area contributed by atoms with Crippen LogP contribution in [-0.2, 0) is 25.9 Å². The highest BCUT2D eigenvalue weighted by molar-refractivity contribution is 5.86. The Morgan fingerprint density at radius 2 is 1.66 bits per heavy atom. The number of rotatable bonds is 4. The molecule has 0 saturated carbocycles. The Hall–Kier alpha value is -2.58. The van der Waals surface area contributed by atoms with E-state index in [2.05, 4.69) is 89.1 Å². The summed E-state index contributed by atoms with van der Waals surface area (Å²) in [6.07, 6.45) is 9.55. The lowest BCUT2D eigenvalue weighted by Gasteiger charge is -2.16. The Morgan fingerprint density at radius 1 is 0.862 bits per heavy atom. The highest BCUT2D eigenvalue weighted by Gasteiger charge is 2.20. The molecule has 2 aromatic carbocycles. The Bertz CT molecular complexity index is 1130. The molecule has 1 aliphatic carbocycles. The lowest BCUT2D eigenvalue weighted by Crippen LogP contribution is -3.00. The highest BCUT2D eigenvalue weighted by Crippen LogP contribution is 2.32. The fourth-order valence-electron chi connectivity index (χ4n) is 4.62. The van der Waals surface area contributed by atoms with Gasteiger partial charge in [0.1, 0.15) is 0 Å². The summed E-state index contributed by atoms with van der Waals surface area (Å²) < 4.78 is 4.87. The molecule has 0 atom stereocenters. The van der Waals surface area contributed by atoms with Crippen molar-refractivity contribution in [3.63, 3.8) is 0 Å². The van der Waals surface area contributed by atoms with Crippen molar-refractivity contribution < 1.29 is 17.0 Å². The molecule has 0 N–H and O–H groups in total. The van der Waals surface area contributed by atoms with Gasteiger partial charge in [-0.2, -0.15) is 0 Å². The summed E-state index contributed by atoms with van der Waals surface area (Å²) >= 11 is 0. The molecule has 0 saturated heterocycles. The summed E-state index contributed by atoms with van der Waals surface area (Å²) in [5.41, 5.74) is 8.56. The molecule has 4 aromatic rings. The molecule has 0 amide bonds. The van der Waals surface area contributed by atoms with Gasteiger partial charge >= 0.3 is 0 Å². The lowest BCUT2D eigenvalue weighted by molar-refractivity contribution is -0.688. The maximum absolute atomic E-state index is 2.56. The molecule has 2 aromatic heterocycles. The van der Waals surface area contributed by atoms with E-state index in [0.717, 1.165) is 13.1 Å². The van der Waals surface area contributed by atoms with Crippen molar-refractivity contribution in [2.45, 2.75) is 45.7 Å².